The van der Waals surface area contributed by atoms with Crippen LogP contribution in [0.4, 0.5) is 0 Å². The van der Waals surface area contributed by atoms with Crippen molar-refractivity contribution in [2.45, 2.75) is 52.7 Å². The summed E-state index contributed by atoms with van der Waals surface area (Å²) in [7, 11) is 0. The molecular weight excluding hydrogens is 342 g/mol. The molecule has 1 aromatic carbocycles. The summed E-state index contributed by atoms with van der Waals surface area (Å²) >= 11 is 3.53. The zero-order chi connectivity index (χ0) is 16.1. The van der Waals surface area contributed by atoms with Crippen molar-refractivity contribution in [1.82, 2.24) is 0 Å². The lowest BCUT2D eigenvalue weighted by Gasteiger charge is -2.32. The van der Waals surface area contributed by atoms with Gasteiger partial charge in [-0.1, -0.05) is 15.9 Å². The molecule has 0 aliphatic carbocycles. The Bertz CT molecular complexity index is 459. The number of unbranched alkanes of at least 4 members (excludes halogenated alkanes) is 1. The van der Waals surface area contributed by atoms with Gasteiger partial charge in [0.2, 0.25) is 0 Å². The quantitative estimate of drug-likeness (QED) is 0.778. The Morgan fingerprint density at radius 2 is 1.73 bits per heavy atom. The van der Waals surface area contributed by atoms with Crippen molar-refractivity contribution in [2.24, 2.45) is 0 Å². The third kappa shape index (κ3) is 5.25. The molecule has 3 nitrogen and oxygen atoms in total. The lowest BCUT2D eigenvalue weighted by molar-refractivity contribution is -0.915. The fourth-order valence-corrected chi connectivity index (χ4v) is 4.06. The van der Waals surface area contributed by atoms with Gasteiger partial charge in [0, 0.05) is 4.47 Å². The van der Waals surface area contributed by atoms with E-state index in [0.29, 0.717) is 12.2 Å². The van der Waals surface area contributed by atoms with E-state index >= 15 is 0 Å². The lowest BCUT2D eigenvalue weighted by Crippen LogP contribution is -3.15. The molecule has 0 aromatic heterocycles. The average Bonchev–Trinajstić information content (AvgIpc) is 2.39. The van der Waals surface area contributed by atoms with Gasteiger partial charge in [0.05, 0.1) is 13.2 Å². The van der Waals surface area contributed by atoms with Crippen molar-refractivity contribution in [3.63, 3.8) is 0 Å². The summed E-state index contributed by atoms with van der Waals surface area (Å²) in [4.78, 5) is 1.67. The second-order valence-electron chi connectivity index (χ2n) is 6.59. The summed E-state index contributed by atoms with van der Waals surface area (Å²) in [5.74, 6) is 1.05. The summed E-state index contributed by atoms with van der Waals surface area (Å²) in [6, 6.07) is 4.23. The van der Waals surface area contributed by atoms with Crippen LogP contribution in [0.3, 0.4) is 0 Å². The highest BCUT2D eigenvalue weighted by Crippen LogP contribution is 2.27. The number of hydrogen-bond acceptors (Lipinski definition) is 2. The normalized spacial score (nSPS) is 25.2. The first-order valence-corrected chi connectivity index (χ1v) is 9.13. The molecular formula is C18H29BrNO2+. The van der Waals surface area contributed by atoms with Crippen molar-refractivity contribution < 1.29 is 14.4 Å². The third-order valence-corrected chi connectivity index (χ3v) is 4.67. The van der Waals surface area contributed by atoms with Crippen LogP contribution in [-0.4, -0.2) is 38.4 Å². The van der Waals surface area contributed by atoms with E-state index in [1.807, 2.05) is 0 Å². The summed E-state index contributed by atoms with van der Waals surface area (Å²) in [6.45, 7) is 12.9. The van der Waals surface area contributed by atoms with Crippen molar-refractivity contribution in [2.75, 3.05) is 26.2 Å². The number of benzene rings is 1. The highest BCUT2D eigenvalue weighted by Gasteiger charge is 2.24. The molecule has 22 heavy (non-hydrogen) atoms. The monoisotopic (exact) mass is 370 g/mol. The Kier molecular flexibility index (Phi) is 6.72. The van der Waals surface area contributed by atoms with E-state index in [9.17, 15) is 0 Å². The molecule has 1 aliphatic heterocycles. The number of ether oxygens (including phenoxy) is 2. The number of aryl methyl sites for hydroxylation is 2. The molecule has 1 fully saturated rings. The predicted molar refractivity (Wildman–Crippen MR) is 93.9 cm³/mol. The largest absolute Gasteiger partial charge is 0.493 e. The molecule has 0 spiro atoms. The molecule has 0 saturated carbocycles. The Morgan fingerprint density at radius 3 is 2.32 bits per heavy atom. The van der Waals surface area contributed by atoms with Crippen LogP contribution in [0.15, 0.2) is 16.6 Å². The fourth-order valence-electron chi connectivity index (χ4n) is 3.37. The van der Waals surface area contributed by atoms with E-state index in [-0.39, 0.29) is 0 Å². The topological polar surface area (TPSA) is 22.9 Å². The maximum atomic E-state index is 6.00. The number of halogens is 1. The molecule has 0 radical (unpaired) electrons. The van der Waals surface area contributed by atoms with E-state index in [2.05, 4.69) is 55.8 Å². The van der Waals surface area contributed by atoms with Gasteiger partial charge in [-0.05, 0) is 63.8 Å². The van der Waals surface area contributed by atoms with Gasteiger partial charge in [-0.3, -0.25) is 0 Å². The summed E-state index contributed by atoms with van der Waals surface area (Å²) in [5.41, 5.74) is 2.40. The molecule has 2 rings (SSSR count). The fraction of sp³-hybridized carbons (Fsp3) is 0.667. The highest BCUT2D eigenvalue weighted by molar-refractivity contribution is 9.10. The molecule has 4 heteroatoms. The predicted octanol–water partition coefficient (Wildman–Crippen LogP) is 2.92. The van der Waals surface area contributed by atoms with Crippen LogP contribution < -0.4 is 9.64 Å². The minimum absolute atomic E-state index is 0.392. The molecule has 124 valence electrons. The van der Waals surface area contributed by atoms with Gasteiger partial charge in [0.25, 0.3) is 0 Å². The van der Waals surface area contributed by atoms with E-state index in [1.165, 1.54) is 24.1 Å². The molecule has 1 saturated heterocycles. The van der Waals surface area contributed by atoms with E-state index in [0.717, 1.165) is 36.3 Å². The zero-order valence-corrected chi connectivity index (χ0v) is 15.8. The molecule has 3 atom stereocenters. The van der Waals surface area contributed by atoms with Gasteiger partial charge in [-0.25, -0.2) is 0 Å². The van der Waals surface area contributed by atoms with Crippen LogP contribution in [0.2, 0.25) is 0 Å². The van der Waals surface area contributed by atoms with Gasteiger partial charge >= 0.3 is 0 Å². The Morgan fingerprint density at radius 1 is 1.14 bits per heavy atom. The molecule has 1 unspecified atom stereocenters. The maximum Gasteiger partial charge on any atom is 0.125 e. The van der Waals surface area contributed by atoms with Crippen LogP contribution in [-0.2, 0) is 4.74 Å². The second kappa shape index (κ2) is 8.32. The van der Waals surface area contributed by atoms with Crippen LogP contribution in [0.25, 0.3) is 0 Å². The van der Waals surface area contributed by atoms with Crippen LogP contribution >= 0.6 is 15.9 Å². The van der Waals surface area contributed by atoms with E-state index in [1.54, 1.807) is 4.90 Å². The van der Waals surface area contributed by atoms with Crippen LogP contribution in [0.1, 0.15) is 37.8 Å². The third-order valence-electron chi connectivity index (χ3n) is 4.21. The van der Waals surface area contributed by atoms with Gasteiger partial charge in [0.1, 0.15) is 31.0 Å². The Balaban J connectivity index is 1.69. The van der Waals surface area contributed by atoms with E-state index in [4.69, 9.17) is 9.47 Å². The van der Waals surface area contributed by atoms with Crippen LogP contribution in [0, 0.1) is 13.8 Å². The minimum Gasteiger partial charge on any atom is -0.493 e. The zero-order valence-electron chi connectivity index (χ0n) is 14.2. The first kappa shape index (κ1) is 17.8. The lowest BCUT2D eigenvalue weighted by atomic mass is 10.1. The Hall–Kier alpha value is -0.580. The summed E-state index contributed by atoms with van der Waals surface area (Å²) in [5, 5.41) is 0. The SMILES string of the molecule is Cc1cc(Br)cc(C)c1OCCCC[NH+]1C[C@@H](C)O[C@@H](C)C1. The molecule has 0 amide bonds. The molecule has 0 bridgehead atoms. The molecule has 1 aliphatic rings. The van der Waals surface area contributed by atoms with Crippen molar-refractivity contribution >= 4 is 15.9 Å². The van der Waals surface area contributed by atoms with Gasteiger partial charge in [-0.15, -0.1) is 0 Å². The first-order chi connectivity index (χ1) is 10.5. The molecule has 1 N–H and O–H groups in total. The van der Waals surface area contributed by atoms with Crippen LogP contribution in [0.5, 0.6) is 5.75 Å². The average molecular weight is 371 g/mol. The minimum atomic E-state index is 0.392. The van der Waals surface area contributed by atoms with Gasteiger partial charge in [-0.2, -0.15) is 0 Å². The van der Waals surface area contributed by atoms with Crippen molar-refractivity contribution in [1.29, 1.82) is 0 Å². The van der Waals surface area contributed by atoms with Crippen molar-refractivity contribution in [3.8, 4) is 5.75 Å². The standard InChI is InChI=1S/C18H28BrNO2/c1-13-9-17(19)10-14(2)18(13)21-8-6-5-7-20-11-15(3)22-16(4)12-20/h9-10,15-16H,5-8,11-12H2,1-4H3/p+1/t15-,16+. The number of quaternary nitrogens is 1. The maximum absolute atomic E-state index is 6.00. The smallest absolute Gasteiger partial charge is 0.125 e. The number of hydrogen-bond donors (Lipinski definition) is 1. The first-order valence-electron chi connectivity index (χ1n) is 8.34. The summed E-state index contributed by atoms with van der Waals surface area (Å²) in [6.07, 6.45) is 3.11. The Labute approximate surface area is 143 Å². The second-order valence-corrected chi connectivity index (χ2v) is 7.51. The molecule has 1 aromatic rings. The molecule has 1 heterocycles. The van der Waals surface area contributed by atoms with Gasteiger partial charge in [0.15, 0.2) is 0 Å². The highest BCUT2D eigenvalue weighted by atomic mass is 79.9. The summed E-state index contributed by atoms with van der Waals surface area (Å²) < 4.78 is 12.9. The number of nitrogens with one attached hydrogen (secondary N) is 1. The van der Waals surface area contributed by atoms with Gasteiger partial charge < -0.3 is 14.4 Å². The number of morpholine rings is 1. The number of rotatable bonds is 6. The van der Waals surface area contributed by atoms with Crippen molar-refractivity contribution in [3.05, 3.63) is 27.7 Å². The van der Waals surface area contributed by atoms with E-state index < -0.39 is 0 Å².